The molecule has 1 aliphatic rings. The van der Waals surface area contributed by atoms with Crippen molar-refractivity contribution in [2.75, 3.05) is 17.2 Å². The Morgan fingerprint density at radius 3 is 3.06 bits per heavy atom. The summed E-state index contributed by atoms with van der Waals surface area (Å²) in [5, 5.41) is 0. The first-order chi connectivity index (χ1) is 7.76. The number of hydrogen-bond donors (Lipinski definition) is 1. The number of amides is 1. The molecular formula is C11H12N2O2S. The van der Waals surface area contributed by atoms with Gasteiger partial charge in [-0.3, -0.25) is 14.5 Å². The summed E-state index contributed by atoms with van der Waals surface area (Å²) >= 11 is 4.19. The van der Waals surface area contributed by atoms with Crippen molar-refractivity contribution in [3.05, 3.63) is 23.9 Å². The Morgan fingerprint density at radius 2 is 2.44 bits per heavy atom. The molecule has 2 heterocycles. The van der Waals surface area contributed by atoms with Crippen LogP contribution in [-0.2, 0) is 4.79 Å². The molecule has 1 amide bonds. The van der Waals surface area contributed by atoms with E-state index in [2.05, 4.69) is 17.6 Å². The van der Waals surface area contributed by atoms with Gasteiger partial charge in [0.1, 0.15) is 5.82 Å². The lowest BCUT2D eigenvalue weighted by Gasteiger charge is -2.16. The summed E-state index contributed by atoms with van der Waals surface area (Å²) in [4.78, 5) is 28.3. The summed E-state index contributed by atoms with van der Waals surface area (Å²) in [7, 11) is 0. The van der Waals surface area contributed by atoms with Crippen LogP contribution in [0.3, 0.4) is 0 Å². The molecule has 0 aromatic carbocycles. The van der Waals surface area contributed by atoms with Gasteiger partial charge >= 0.3 is 0 Å². The third-order valence-corrected chi connectivity index (χ3v) is 3.18. The van der Waals surface area contributed by atoms with Gasteiger partial charge in [-0.05, 0) is 23.8 Å². The largest absolute Gasteiger partial charge is 0.298 e. The lowest BCUT2D eigenvalue weighted by Crippen LogP contribution is -2.26. The number of nitrogens with zero attached hydrogens (tertiary/aromatic N) is 2. The summed E-state index contributed by atoms with van der Waals surface area (Å²) in [6.07, 6.45) is 2.80. The minimum Gasteiger partial charge on any atom is -0.298 e. The average Bonchev–Trinajstić information content (AvgIpc) is 2.70. The number of hydrogen-bond acceptors (Lipinski definition) is 4. The Morgan fingerprint density at radius 1 is 1.62 bits per heavy atom. The first kappa shape index (κ1) is 11.1. The monoisotopic (exact) mass is 236 g/mol. The molecule has 16 heavy (non-hydrogen) atoms. The van der Waals surface area contributed by atoms with Crippen molar-refractivity contribution in [3.63, 3.8) is 0 Å². The molecule has 1 aromatic rings. The van der Waals surface area contributed by atoms with Gasteiger partial charge in [0, 0.05) is 19.2 Å². The van der Waals surface area contributed by atoms with Crippen LogP contribution in [0.4, 0.5) is 5.82 Å². The molecule has 1 unspecified atom stereocenters. The standard InChI is InChI=1S/C11H12N2O2S/c14-6-9-2-1-3-12-11(9)13-5-8(7-16)4-10(13)15/h1-3,6,8,16H,4-5,7H2. The lowest BCUT2D eigenvalue weighted by molar-refractivity contribution is -0.117. The Hall–Kier alpha value is -1.36. The summed E-state index contributed by atoms with van der Waals surface area (Å²) in [6, 6.07) is 3.35. The van der Waals surface area contributed by atoms with E-state index in [1.54, 1.807) is 23.2 Å². The topological polar surface area (TPSA) is 50.3 Å². The van der Waals surface area contributed by atoms with Crippen LogP contribution in [0, 0.1) is 5.92 Å². The van der Waals surface area contributed by atoms with Gasteiger partial charge in [-0.25, -0.2) is 4.98 Å². The Kier molecular flexibility index (Phi) is 3.24. The van der Waals surface area contributed by atoms with Gasteiger partial charge in [-0.2, -0.15) is 12.6 Å². The zero-order valence-electron chi connectivity index (χ0n) is 8.67. The van der Waals surface area contributed by atoms with Crippen molar-refractivity contribution < 1.29 is 9.59 Å². The van der Waals surface area contributed by atoms with Crippen molar-refractivity contribution in [2.45, 2.75) is 6.42 Å². The van der Waals surface area contributed by atoms with E-state index in [9.17, 15) is 9.59 Å². The van der Waals surface area contributed by atoms with Crippen molar-refractivity contribution in [1.82, 2.24) is 4.98 Å². The number of pyridine rings is 1. The molecule has 84 valence electrons. The number of thiol groups is 1. The average molecular weight is 236 g/mol. The summed E-state index contributed by atoms with van der Waals surface area (Å²) in [5.74, 6) is 1.40. The van der Waals surface area contributed by atoms with Crippen LogP contribution in [0.1, 0.15) is 16.8 Å². The molecule has 1 fully saturated rings. The van der Waals surface area contributed by atoms with Gasteiger partial charge in [-0.15, -0.1) is 0 Å². The SMILES string of the molecule is O=Cc1cccnc1N1CC(CS)CC1=O. The smallest absolute Gasteiger partial charge is 0.228 e. The third-order valence-electron chi connectivity index (χ3n) is 2.66. The fraction of sp³-hybridized carbons (Fsp3) is 0.364. The number of aromatic nitrogens is 1. The highest BCUT2D eigenvalue weighted by Gasteiger charge is 2.31. The Bertz CT molecular complexity index is 422. The molecule has 2 rings (SSSR count). The van der Waals surface area contributed by atoms with Crippen LogP contribution >= 0.6 is 12.6 Å². The Balaban J connectivity index is 2.31. The van der Waals surface area contributed by atoms with Gasteiger partial charge in [0.2, 0.25) is 5.91 Å². The third kappa shape index (κ3) is 1.95. The van der Waals surface area contributed by atoms with Crippen molar-refractivity contribution in [2.24, 2.45) is 5.92 Å². The predicted octanol–water partition coefficient (Wildman–Crippen LogP) is 1.18. The molecule has 0 N–H and O–H groups in total. The van der Waals surface area contributed by atoms with E-state index in [0.29, 0.717) is 30.1 Å². The van der Waals surface area contributed by atoms with Crippen molar-refractivity contribution >= 4 is 30.6 Å². The highest BCUT2D eigenvalue weighted by molar-refractivity contribution is 7.80. The number of anilines is 1. The first-order valence-electron chi connectivity index (χ1n) is 5.07. The van der Waals surface area contributed by atoms with Crippen LogP contribution in [0.2, 0.25) is 0 Å². The zero-order valence-corrected chi connectivity index (χ0v) is 9.56. The molecule has 1 aromatic heterocycles. The van der Waals surface area contributed by atoms with Gasteiger partial charge in [-0.1, -0.05) is 0 Å². The summed E-state index contributed by atoms with van der Waals surface area (Å²) < 4.78 is 0. The van der Waals surface area contributed by atoms with E-state index in [1.807, 2.05) is 0 Å². The molecule has 0 saturated carbocycles. The zero-order chi connectivity index (χ0) is 11.5. The second kappa shape index (κ2) is 4.65. The molecule has 0 radical (unpaired) electrons. The Labute approximate surface area is 99.1 Å². The van der Waals surface area contributed by atoms with E-state index in [4.69, 9.17) is 0 Å². The fourth-order valence-corrected chi connectivity index (χ4v) is 2.08. The van der Waals surface area contributed by atoms with Gasteiger partial charge in [0.05, 0.1) is 5.56 Å². The molecule has 5 heteroatoms. The highest BCUT2D eigenvalue weighted by atomic mass is 32.1. The van der Waals surface area contributed by atoms with Crippen molar-refractivity contribution in [1.29, 1.82) is 0 Å². The molecule has 0 aliphatic carbocycles. The fourth-order valence-electron chi connectivity index (χ4n) is 1.84. The molecule has 0 spiro atoms. The highest BCUT2D eigenvalue weighted by Crippen LogP contribution is 2.25. The van der Waals surface area contributed by atoms with E-state index in [-0.39, 0.29) is 11.8 Å². The lowest BCUT2D eigenvalue weighted by atomic mass is 10.1. The maximum Gasteiger partial charge on any atom is 0.228 e. The van der Waals surface area contributed by atoms with E-state index in [0.717, 1.165) is 6.29 Å². The van der Waals surface area contributed by atoms with Crippen LogP contribution in [0.5, 0.6) is 0 Å². The predicted molar refractivity (Wildman–Crippen MR) is 63.9 cm³/mol. The number of aldehydes is 1. The van der Waals surface area contributed by atoms with Gasteiger partial charge < -0.3 is 0 Å². The molecular weight excluding hydrogens is 224 g/mol. The molecule has 1 atom stereocenters. The number of rotatable bonds is 3. The maximum absolute atomic E-state index is 11.7. The summed E-state index contributed by atoms with van der Waals surface area (Å²) in [5.41, 5.74) is 0.454. The van der Waals surface area contributed by atoms with Crippen molar-refractivity contribution in [3.8, 4) is 0 Å². The van der Waals surface area contributed by atoms with E-state index < -0.39 is 0 Å². The van der Waals surface area contributed by atoms with Crippen LogP contribution in [0.25, 0.3) is 0 Å². The van der Waals surface area contributed by atoms with Crippen LogP contribution in [-0.4, -0.2) is 29.5 Å². The summed E-state index contributed by atoms with van der Waals surface area (Å²) in [6.45, 7) is 0.597. The molecule has 1 saturated heterocycles. The van der Waals surface area contributed by atoms with Crippen LogP contribution in [0.15, 0.2) is 18.3 Å². The van der Waals surface area contributed by atoms with Gasteiger partial charge in [0.15, 0.2) is 6.29 Å². The second-order valence-electron chi connectivity index (χ2n) is 3.79. The molecule has 0 bridgehead atoms. The van der Waals surface area contributed by atoms with E-state index >= 15 is 0 Å². The second-order valence-corrected chi connectivity index (χ2v) is 4.16. The minimum atomic E-state index is 0.0147. The van der Waals surface area contributed by atoms with Crippen LogP contribution < -0.4 is 4.90 Å². The molecule has 4 nitrogen and oxygen atoms in total. The first-order valence-corrected chi connectivity index (χ1v) is 5.71. The van der Waals surface area contributed by atoms with E-state index in [1.165, 1.54) is 0 Å². The molecule has 1 aliphatic heterocycles. The number of carbonyl (C=O) groups is 2. The maximum atomic E-state index is 11.7. The van der Waals surface area contributed by atoms with Gasteiger partial charge in [0.25, 0.3) is 0 Å². The minimum absolute atomic E-state index is 0.0147. The quantitative estimate of drug-likeness (QED) is 0.633. The number of carbonyl (C=O) groups excluding carboxylic acids is 2. The normalized spacial score (nSPS) is 20.2.